The first-order valence-electron chi connectivity index (χ1n) is 9.11. The van der Waals surface area contributed by atoms with E-state index in [1.54, 1.807) is 6.08 Å². The number of rotatable bonds is 5. The lowest BCUT2D eigenvalue weighted by Crippen LogP contribution is -2.52. The third-order valence-corrected chi connectivity index (χ3v) is 6.71. The summed E-state index contributed by atoms with van der Waals surface area (Å²) in [5.41, 5.74) is 0.955. The summed E-state index contributed by atoms with van der Waals surface area (Å²) in [6.07, 6.45) is 4.13. The Morgan fingerprint density at radius 3 is 2.46 bits per heavy atom. The van der Waals surface area contributed by atoms with Crippen LogP contribution in [-0.4, -0.2) is 74.5 Å². The molecule has 3 rings (SSSR count). The maximum atomic E-state index is 12.4. The molecule has 0 aliphatic carbocycles. The van der Waals surface area contributed by atoms with Crippen molar-refractivity contribution < 1.29 is 17.9 Å². The van der Waals surface area contributed by atoms with Gasteiger partial charge in [-0.05, 0) is 37.1 Å². The van der Waals surface area contributed by atoms with Crippen molar-refractivity contribution in [1.29, 1.82) is 0 Å². The number of piperazine rings is 1. The number of sulfone groups is 1. The van der Waals surface area contributed by atoms with Crippen LogP contribution >= 0.6 is 0 Å². The second kappa shape index (κ2) is 8.22. The molecule has 142 valence electrons. The van der Waals surface area contributed by atoms with Crippen LogP contribution in [0.2, 0.25) is 0 Å². The molecule has 1 aromatic carbocycles. The second-order valence-corrected chi connectivity index (χ2v) is 8.98. The number of hydrogen-bond donors (Lipinski definition) is 0. The topological polar surface area (TPSA) is 66.9 Å². The highest BCUT2D eigenvalue weighted by Crippen LogP contribution is 2.19. The van der Waals surface area contributed by atoms with E-state index in [9.17, 15) is 13.2 Å². The van der Waals surface area contributed by atoms with Crippen molar-refractivity contribution in [3.05, 3.63) is 35.9 Å². The fourth-order valence-electron chi connectivity index (χ4n) is 3.49. The Morgan fingerprint density at radius 2 is 1.88 bits per heavy atom. The lowest BCUT2D eigenvalue weighted by Gasteiger charge is -2.37. The van der Waals surface area contributed by atoms with E-state index in [-0.39, 0.29) is 17.7 Å². The van der Waals surface area contributed by atoms with Gasteiger partial charge in [0.1, 0.15) is 5.75 Å². The molecule has 2 saturated heterocycles. The van der Waals surface area contributed by atoms with E-state index in [4.69, 9.17) is 4.74 Å². The first kappa shape index (κ1) is 18.9. The smallest absolute Gasteiger partial charge is 0.246 e. The fraction of sp³-hybridized carbons (Fsp3) is 0.526. The summed E-state index contributed by atoms with van der Waals surface area (Å²) in [7, 11) is -2.86. The van der Waals surface area contributed by atoms with Crippen LogP contribution in [0.1, 0.15) is 18.9 Å². The molecule has 0 unspecified atom stereocenters. The molecule has 0 spiro atoms. The summed E-state index contributed by atoms with van der Waals surface area (Å²) in [5.74, 6) is 1.37. The number of carbonyl (C=O) groups excluding carboxylic acids is 1. The fourth-order valence-corrected chi connectivity index (χ4v) is 5.25. The van der Waals surface area contributed by atoms with E-state index in [2.05, 4.69) is 4.90 Å². The van der Waals surface area contributed by atoms with Crippen LogP contribution in [0, 0.1) is 0 Å². The molecule has 0 N–H and O–H groups in total. The highest BCUT2D eigenvalue weighted by atomic mass is 32.2. The van der Waals surface area contributed by atoms with Gasteiger partial charge in [0.15, 0.2) is 9.84 Å². The molecule has 2 fully saturated rings. The number of carbonyl (C=O) groups is 1. The van der Waals surface area contributed by atoms with Crippen molar-refractivity contribution >= 4 is 21.8 Å². The maximum absolute atomic E-state index is 12.4. The van der Waals surface area contributed by atoms with Crippen molar-refractivity contribution in [3.63, 3.8) is 0 Å². The number of nitrogens with zero attached hydrogens (tertiary/aromatic N) is 2. The molecular weight excluding hydrogens is 352 g/mol. The molecule has 0 aromatic heterocycles. The standard InChI is InChI=1S/C19H26N2O4S/c1-2-25-18-6-3-16(4-7-18)5-8-19(22)21-12-10-20(11-13-21)17-9-14-26(23,24)15-17/h3-8,17H,2,9-15H2,1H3/b8-5+/t17-/m0/s1. The first-order valence-corrected chi connectivity index (χ1v) is 10.9. The van der Waals surface area contributed by atoms with Crippen LogP contribution < -0.4 is 4.74 Å². The third kappa shape index (κ3) is 4.86. The molecule has 1 atom stereocenters. The van der Waals surface area contributed by atoms with E-state index in [1.165, 1.54) is 0 Å². The quantitative estimate of drug-likeness (QED) is 0.725. The maximum Gasteiger partial charge on any atom is 0.246 e. The van der Waals surface area contributed by atoms with Crippen LogP contribution in [0.4, 0.5) is 0 Å². The molecule has 6 nitrogen and oxygen atoms in total. The van der Waals surface area contributed by atoms with Gasteiger partial charge in [-0.15, -0.1) is 0 Å². The first-order chi connectivity index (χ1) is 12.5. The summed E-state index contributed by atoms with van der Waals surface area (Å²) in [5, 5.41) is 0. The third-order valence-electron chi connectivity index (χ3n) is 4.96. The minimum Gasteiger partial charge on any atom is -0.494 e. The van der Waals surface area contributed by atoms with Gasteiger partial charge in [0, 0.05) is 38.3 Å². The zero-order valence-electron chi connectivity index (χ0n) is 15.1. The van der Waals surface area contributed by atoms with Crippen LogP contribution in [0.15, 0.2) is 30.3 Å². The highest BCUT2D eigenvalue weighted by molar-refractivity contribution is 7.91. The van der Waals surface area contributed by atoms with Gasteiger partial charge in [-0.2, -0.15) is 0 Å². The second-order valence-electron chi connectivity index (χ2n) is 6.75. The molecule has 2 aliphatic heterocycles. The molecule has 0 saturated carbocycles. The molecule has 1 aromatic rings. The van der Waals surface area contributed by atoms with Gasteiger partial charge < -0.3 is 9.64 Å². The van der Waals surface area contributed by atoms with Gasteiger partial charge in [0.2, 0.25) is 5.91 Å². The van der Waals surface area contributed by atoms with Gasteiger partial charge in [-0.1, -0.05) is 12.1 Å². The van der Waals surface area contributed by atoms with E-state index in [0.717, 1.165) is 24.4 Å². The minimum atomic E-state index is -2.86. The predicted molar refractivity (Wildman–Crippen MR) is 102 cm³/mol. The van der Waals surface area contributed by atoms with Crippen molar-refractivity contribution in [3.8, 4) is 5.75 Å². The lowest BCUT2D eigenvalue weighted by atomic mass is 10.1. The van der Waals surface area contributed by atoms with E-state index >= 15 is 0 Å². The summed E-state index contributed by atoms with van der Waals surface area (Å²) in [6.45, 7) is 5.34. The number of hydrogen-bond acceptors (Lipinski definition) is 5. The van der Waals surface area contributed by atoms with Crippen molar-refractivity contribution in [2.75, 3.05) is 44.3 Å². The summed E-state index contributed by atoms with van der Waals surface area (Å²) in [4.78, 5) is 16.4. The van der Waals surface area contributed by atoms with Crippen LogP contribution in [-0.2, 0) is 14.6 Å². The monoisotopic (exact) mass is 378 g/mol. The molecule has 1 amide bonds. The SMILES string of the molecule is CCOc1ccc(/C=C/C(=O)N2CCN([C@H]3CCS(=O)(=O)C3)CC2)cc1. The van der Waals surface area contributed by atoms with E-state index in [0.29, 0.717) is 31.9 Å². The van der Waals surface area contributed by atoms with Crippen LogP contribution in [0.3, 0.4) is 0 Å². The Balaban J connectivity index is 1.49. The Kier molecular flexibility index (Phi) is 5.98. The van der Waals surface area contributed by atoms with Gasteiger partial charge in [0.25, 0.3) is 0 Å². The largest absolute Gasteiger partial charge is 0.494 e. The van der Waals surface area contributed by atoms with Crippen molar-refractivity contribution in [1.82, 2.24) is 9.80 Å². The van der Waals surface area contributed by atoms with Gasteiger partial charge in [-0.25, -0.2) is 8.42 Å². The molecule has 0 radical (unpaired) electrons. The number of ether oxygens (including phenoxy) is 1. The predicted octanol–water partition coefficient (Wildman–Crippen LogP) is 1.43. The molecule has 7 heteroatoms. The Labute approximate surface area is 155 Å². The Hall–Kier alpha value is -1.86. The number of amides is 1. The summed E-state index contributed by atoms with van der Waals surface area (Å²) in [6, 6.07) is 7.75. The van der Waals surface area contributed by atoms with E-state index < -0.39 is 9.84 Å². The van der Waals surface area contributed by atoms with Crippen molar-refractivity contribution in [2.45, 2.75) is 19.4 Å². The highest BCUT2D eigenvalue weighted by Gasteiger charge is 2.34. The zero-order valence-corrected chi connectivity index (χ0v) is 16.0. The normalized spacial score (nSPS) is 23.4. The Morgan fingerprint density at radius 1 is 1.19 bits per heavy atom. The Bertz CT molecular complexity index is 750. The molecule has 26 heavy (non-hydrogen) atoms. The van der Waals surface area contributed by atoms with Gasteiger partial charge >= 0.3 is 0 Å². The summed E-state index contributed by atoms with van der Waals surface area (Å²) < 4.78 is 28.7. The molecule has 2 heterocycles. The van der Waals surface area contributed by atoms with Gasteiger partial charge in [-0.3, -0.25) is 9.69 Å². The van der Waals surface area contributed by atoms with E-state index in [1.807, 2.05) is 42.2 Å². The molecule has 0 bridgehead atoms. The molecule has 2 aliphatic rings. The summed E-state index contributed by atoms with van der Waals surface area (Å²) >= 11 is 0. The zero-order chi connectivity index (χ0) is 18.6. The van der Waals surface area contributed by atoms with Crippen LogP contribution in [0.5, 0.6) is 5.75 Å². The van der Waals surface area contributed by atoms with Gasteiger partial charge in [0.05, 0.1) is 18.1 Å². The average Bonchev–Trinajstić information content (AvgIpc) is 3.01. The van der Waals surface area contributed by atoms with Crippen molar-refractivity contribution in [2.24, 2.45) is 0 Å². The molecular formula is C19H26N2O4S. The lowest BCUT2D eigenvalue weighted by molar-refractivity contribution is -0.127. The minimum absolute atomic E-state index is 0.00224. The average molecular weight is 378 g/mol. The number of benzene rings is 1. The van der Waals surface area contributed by atoms with Crippen LogP contribution in [0.25, 0.3) is 6.08 Å².